The van der Waals surface area contributed by atoms with Crippen molar-refractivity contribution in [3.05, 3.63) is 29.8 Å². The second kappa shape index (κ2) is 9.15. The molecule has 0 aliphatic rings. The first-order valence-electron chi connectivity index (χ1n) is 7.69. The van der Waals surface area contributed by atoms with E-state index in [1.165, 1.54) is 30.8 Å². The summed E-state index contributed by atoms with van der Waals surface area (Å²) in [6.07, 6.45) is -2.76. The molecule has 0 radical (unpaired) electrons. The smallest absolute Gasteiger partial charge is 0.394 e. The normalized spacial score (nSPS) is 11.2. The molecule has 28 heavy (non-hydrogen) atoms. The fourth-order valence-electron chi connectivity index (χ4n) is 2.01. The zero-order valence-corrected chi connectivity index (χ0v) is 16.4. The third-order valence-corrected chi connectivity index (χ3v) is 4.86. The second-order valence-corrected chi connectivity index (χ2v) is 7.13. The Kier molecular flexibility index (Phi) is 7.13. The highest BCUT2D eigenvalue weighted by Crippen LogP contribution is 2.32. The number of nitrogens with zero attached hydrogens (tertiary/aromatic N) is 2. The Morgan fingerprint density at radius 1 is 1.18 bits per heavy atom. The number of aromatic nitrogens is 2. The van der Waals surface area contributed by atoms with Gasteiger partial charge in [0, 0.05) is 12.6 Å². The summed E-state index contributed by atoms with van der Waals surface area (Å²) in [5.41, 5.74) is 5.38. The van der Waals surface area contributed by atoms with E-state index < -0.39 is 17.6 Å². The molecule has 2 rings (SSSR count). The van der Waals surface area contributed by atoms with Crippen LogP contribution in [0.25, 0.3) is 0 Å². The van der Waals surface area contributed by atoms with Crippen LogP contribution in [0.2, 0.25) is 0 Å². The van der Waals surface area contributed by atoms with Crippen LogP contribution in [0.3, 0.4) is 0 Å². The van der Waals surface area contributed by atoms with Crippen molar-refractivity contribution < 1.29 is 22.8 Å². The Labute approximate surface area is 167 Å². The molecule has 0 aliphatic carbocycles. The Morgan fingerprint density at radius 2 is 1.86 bits per heavy atom. The van der Waals surface area contributed by atoms with Crippen LogP contribution in [0.5, 0.6) is 0 Å². The number of nitrogens with two attached hydrogens (primary N) is 1. The van der Waals surface area contributed by atoms with Gasteiger partial charge >= 0.3 is 6.18 Å². The third kappa shape index (κ3) is 6.02. The van der Waals surface area contributed by atoms with Gasteiger partial charge in [0.05, 0.1) is 17.0 Å². The molecular formula is C16H16F3N5O2S2. The van der Waals surface area contributed by atoms with E-state index in [4.69, 9.17) is 5.73 Å². The van der Waals surface area contributed by atoms with Crippen molar-refractivity contribution in [3.8, 4) is 0 Å². The van der Waals surface area contributed by atoms with Crippen molar-refractivity contribution in [2.24, 2.45) is 0 Å². The fourth-order valence-corrected chi connectivity index (χ4v) is 3.31. The Balaban J connectivity index is 2.09. The van der Waals surface area contributed by atoms with E-state index in [0.29, 0.717) is 5.03 Å². The Hall–Kier alpha value is -2.47. The topological polar surface area (TPSA) is 110 Å². The van der Waals surface area contributed by atoms with E-state index in [9.17, 15) is 22.8 Å². The molecule has 2 amide bonds. The number of rotatable bonds is 6. The number of hydrogen-bond acceptors (Lipinski definition) is 7. The first kappa shape index (κ1) is 21.8. The number of amides is 2. The Morgan fingerprint density at radius 3 is 2.46 bits per heavy atom. The SMILES string of the molecule is CSc1nc(NC(C)=O)nc(SCC(=O)Nc2cccc(C(F)(F)F)c2)c1N. The van der Waals surface area contributed by atoms with Crippen molar-refractivity contribution >= 4 is 52.7 Å². The fraction of sp³-hybridized carbons (Fsp3) is 0.250. The van der Waals surface area contributed by atoms with Crippen molar-refractivity contribution in [3.63, 3.8) is 0 Å². The molecule has 0 bridgehead atoms. The van der Waals surface area contributed by atoms with E-state index in [0.717, 1.165) is 23.9 Å². The number of halogens is 3. The van der Waals surface area contributed by atoms with E-state index in [1.54, 1.807) is 6.26 Å². The van der Waals surface area contributed by atoms with Gasteiger partial charge in [0.15, 0.2) is 0 Å². The van der Waals surface area contributed by atoms with Crippen molar-refractivity contribution in [2.75, 3.05) is 28.4 Å². The van der Waals surface area contributed by atoms with Gasteiger partial charge in [-0.3, -0.25) is 14.9 Å². The molecule has 2 aromatic rings. The molecule has 0 atom stereocenters. The molecule has 0 fully saturated rings. The molecule has 4 N–H and O–H groups in total. The monoisotopic (exact) mass is 431 g/mol. The van der Waals surface area contributed by atoms with Gasteiger partial charge in [-0.1, -0.05) is 17.8 Å². The van der Waals surface area contributed by atoms with Gasteiger partial charge in [0.1, 0.15) is 10.1 Å². The molecule has 0 unspecified atom stereocenters. The number of carbonyl (C=O) groups is 2. The van der Waals surface area contributed by atoms with Crippen molar-refractivity contribution in [1.82, 2.24) is 9.97 Å². The maximum absolute atomic E-state index is 12.7. The molecule has 1 aromatic carbocycles. The molecule has 7 nitrogen and oxygen atoms in total. The highest BCUT2D eigenvalue weighted by atomic mass is 32.2. The molecule has 12 heteroatoms. The predicted molar refractivity (Wildman–Crippen MR) is 103 cm³/mol. The van der Waals surface area contributed by atoms with Crippen LogP contribution in [0.1, 0.15) is 12.5 Å². The maximum atomic E-state index is 12.7. The van der Waals surface area contributed by atoms with Crippen LogP contribution in [-0.2, 0) is 15.8 Å². The van der Waals surface area contributed by atoms with Crippen LogP contribution in [-0.4, -0.2) is 33.8 Å². The molecular weight excluding hydrogens is 415 g/mol. The average molecular weight is 431 g/mol. The molecule has 0 spiro atoms. The first-order chi connectivity index (χ1) is 13.1. The van der Waals surface area contributed by atoms with Gasteiger partial charge in [0.2, 0.25) is 17.8 Å². The summed E-state index contributed by atoms with van der Waals surface area (Å²) >= 11 is 2.22. The molecule has 1 aromatic heterocycles. The summed E-state index contributed by atoms with van der Waals surface area (Å²) in [4.78, 5) is 31.5. The van der Waals surface area contributed by atoms with E-state index >= 15 is 0 Å². The molecule has 1 heterocycles. The summed E-state index contributed by atoms with van der Waals surface area (Å²) in [7, 11) is 0. The van der Waals surface area contributed by atoms with Crippen LogP contribution in [0.4, 0.5) is 30.5 Å². The van der Waals surface area contributed by atoms with E-state index in [1.807, 2.05) is 0 Å². The van der Waals surface area contributed by atoms with Crippen molar-refractivity contribution in [1.29, 1.82) is 0 Å². The summed E-state index contributed by atoms with van der Waals surface area (Å²) < 4.78 is 38.2. The van der Waals surface area contributed by atoms with E-state index in [-0.39, 0.29) is 34.0 Å². The molecule has 0 saturated carbocycles. The molecule has 150 valence electrons. The minimum atomic E-state index is -4.50. The lowest BCUT2D eigenvalue weighted by Crippen LogP contribution is -2.16. The Bertz CT molecular complexity index is 893. The molecule has 0 aliphatic heterocycles. The van der Waals surface area contributed by atoms with Crippen molar-refractivity contribution in [2.45, 2.75) is 23.2 Å². The van der Waals surface area contributed by atoms with Gasteiger partial charge in [-0.15, -0.1) is 11.8 Å². The minimum Gasteiger partial charge on any atom is -0.394 e. The number of hydrogen-bond donors (Lipinski definition) is 3. The number of anilines is 3. The number of carbonyl (C=O) groups excluding carboxylic acids is 2. The standard InChI is InChI=1S/C16H16F3N5O2S2/c1-8(25)21-15-23-13(27-2)12(20)14(24-15)28-7-11(26)22-10-5-3-4-9(6-10)16(17,18)19/h3-6H,7,20H2,1-2H3,(H,22,26)(H,21,23,24,25). The largest absolute Gasteiger partial charge is 0.416 e. The number of benzene rings is 1. The van der Waals surface area contributed by atoms with Gasteiger partial charge in [-0.2, -0.15) is 13.2 Å². The first-order valence-corrected chi connectivity index (χ1v) is 9.90. The third-order valence-electron chi connectivity index (χ3n) is 3.17. The zero-order valence-electron chi connectivity index (χ0n) is 14.8. The highest BCUT2D eigenvalue weighted by Gasteiger charge is 2.30. The number of alkyl halides is 3. The number of nitrogens with one attached hydrogen (secondary N) is 2. The zero-order chi connectivity index (χ0) is 20.9. The lowest BCUT2D eigenvalue weighted by molar-refractivity contribution is -0.137. The summed E-state index contributed by atoms with van der Waals surface area (Å²) in [6, 6.07) is 4.33. The van der Waals surface area contributed by atoms with Crippen LogP contribution < -0.4 is 16.4 Å². The van der Waals surface area contributed by atoms with E-state index in [2.05, 4.69) is 20.6 Å². The second-order valence-electron chi connectivity index (χ2n) is 5.37. The number of thioether (sulfide) groups is 2. The van der Waals surface area contributed by atoms with Gasteiger partial charge in [-0.05, 0) is 24.5 Å². The summed E-state index contributed by atoms with van der Waals surface area (Å²) in [5.74, 6) is -0.999. The van der Waals surface area contributed by atoms with Crippen LogP contribution in [0.15, 0.2) is 34.3 Å². The number of nitrogen functional groups attached to an aromatic ring is 1. The van der Waals surface area contributed by atoms with Gasteiger partial charge < -0.3 is 11.1 Å². The predicted octanol–water partition coefficient (Wildman–Crippen LogP) is 3.49. The van der Waals surface area contributed by atoms with Crippen LogP contribution in [0, 0.1) is 0 Å². The maximum Gasteiger partial charge on any atom is 0.416 e. The summed E-state index contributed by atoms with van der Waals surface area (Å²) in [5, 5.41) is 5.56. The van der Waals surface area contributed by atoms with Gasteiger partial charge in [0.25, 0.3) is 0 Å². The quantitative estimate of drug-likeness (QED) is 0.474. The highest BCUT2D eigenvalue weighted by molar-refractivity contribution is 8.00. The van der Waals surface area contributed by atoms with Crippen LogP contribution >= 0.6 is 23.5 Å². The van der Waals surface area contributed by atoms with Gasteiger partial charge in [-0.25, -0.2) is 9.97 Å². The average Bonchev–Trinajstić information content (AvgIpc) is 2.61. The molecule has 0 saturated heterocycles. The lowest BCUT2D eigenvalue weighted by Gasteiger charge is -2.11. The lowest BCUT2D eigenvalue weighted by atomic mass is 10.2. The summed E-state index contributed by atoms with van der Waals surface area (Å²) in [6.45, 7) is 1.30. The minimum absolute atomic E-state index is 0.0276.